The minimum Gasteiger partial charge on any atom is -0.357 e. The molecular formula is C16H20F2N2. The number of alkyl halides is 1. The zero-order chi connectivity index (χ0) is 14.5. The lowest BCUT2D eigenvalue weighted by molar-refractivity contribution is 0.0852. The van der Waals surface area contributed by atoms with Crippen LogP contribution in [0.15, 0.2) is 18.2 Å². The second kappa shape index (κ2) is 4.55. The summed E-state index contributed by atoms with van der Waals surface area (Å²) in [6.07, 6.45) is 0.756. The van der Waals surface area contributed by atoms with Gasteiger partial charge >= 0.3 is 0 Å². The predicted molar refractivity (Wildman–Crippen MR) is 77.0 cm³/mol. The molecule has 0 saturated heterocycles. The van der Waals surface area contributed by atoms with Crippen molar-refractivity contribution in [3.05, 3.63) is 35.3 Å². The molecule has 0 fully saturated rings. The zero-order valence-corrected chi connectivity index (χ0v) is 12.1. The standard InChI is InChI=1S/C16H20F2N2/c1-10-7-11-14(8-20(10)9-16(2,3)18)19-13-6-4-5-12(17)15(11)13/h4-6,10,19H,7-9H2,1-3H3/t10-/m1/s1. The SMILES string of the molecule is C[C@@H]1Cc2c([nH]c3cccc(F)c23)CN1CC(C)(C)F. The molecule has 4 heteroatoms. The number of benzene rings is 1. The van der Waals surface area contributed by atoms with Crippen molar-refractivity contribution in [2.24, 2.45) is 0 Å². The average Bonchev–Trinajstić information content (AvgIpc) is 2.66. The van der Waals surface area contributed by atoms with Gasteiger partial charge in [0.2, 0.25) is 0 Å². The fourth-order valence-corrected chi connectivity index (χ4v) is 3.16. The van der Waals surface area contributed by atoms with Crippen molar-refractivity contribution in [3.8, 4) is 0 Å². The summed E-state index contributed by atoms with van der Waals surface area (Å²) >= 11 is 0. The lowest BCUT2D eigenvalue weighted by Crippen LogP contribution is -2.44. The topological polar surface area (TPSA) is 19.0 Å². The van der Waals surface area contributed by atoms with Crippen LogP contribution in [0.2, 0.25) is 0 Å². The molecule has 0 radical (unpaired) electrons. The van der Waals surface area contributed by atoms with Gasteiger partial charge in [-0.1, -0.05) is 6.07 Å². The first-order valence-electron chi connectivity index (χ1n) is 7.06. The maximum absolute atomic E-state index is 14.0. The van der Waals surface area contributed by atoms with Crippen LogP contribution in [-0.2, 0) is 13.0 Å². The van der Waals surface area contributed by atoms with E-state index in [-0.39, 0.29) is 11.9 Å². The molecule has 0 saturated carbocycles. The molecule has 1 aliphatic heterocycles. The Morgan fingerprint density at radius 2 is 2.15 bits per heavy atom. The number of nitrogens with zero attached hydrogens (tertiary/aromatic N) is 1. The monoisotopic (exact) mass is 278 g/mol. The highest BCUT2D eigenvalue weighted by Crippen LogP contribution is 2.32. The Kier molecular flexibility index (Phi) is 3.09. The summed E-state index contributed by atoms with van der Waals surface area (Å²) in [6, 6.07) is 5.32. The maximum Gasteiger partial charge on any atom is 0.132 e. The molecule has 0 unspecified atom stereocenters. The van der Waals surface area contributed by atoms with Crippen molar-refractivity contribution in [1.29, 1.82) is 0 Å². The lowest BCUT2D eigenvalue weighted by Gasteiger charge is -2.36. The van der Waals surface area contributed by atoms with Crippen molar-refractivity contribution in [1.82, 2.24) is 9.88 Å². The van der Waals surface area contributed by atoms with Crippen LogP contribution in [0.1, 0.15) is 32.0 Å². The fourth-order valence-electron chi connectivity index (χ4n) is 3.16. The number of fused-ring (bicyclic) bond motifs is 3. The van der Waals surface area contributed by atoms with E-state index in [9.17, 15) is 8.78 Å². The van der Waals surface area contributed by atoms with E-state index in [0.29, 0.717) is 18.5 Å². The third-order valence-corrected chi connectivity index (χ3v) is 4.03. The number of halogens is 2. The summed E-state index contributed by atoms with van der Waals surface area (Å²) < 4.78 is 27.9. The summed E-state index contributed by atoms with van der Waals surface area (Å²) in [5, 5.41) is 0.702. The van der Waals surface area contributed by atoms with Crippen molar-refractivity contribution in [2.45, 2.75) is 45.4 Å². The second-order valence-electron chi connectivity index (χ2n) is 6.42. The van der Waals surface area contributed by atoms with Gasteiger partial charge in [-0.2, -0.15) is 0 Å². The number of H-pyrrole nitrogens is 1. The Bertz CT molecular complexity index is 640. The molecule has 1 atom stereocenters. The molecule has 20 heavy (non-hydrogen) atoms. The molecule has 0 bridgehead atoms. The van der Waals surface area contributed by atoms with Crippen LogP contribution in [0.25, 0.3) is 10.9 Å². The van der Waals surface area contributed by atoms with Gasteiger partial charge in [0.05, 0.1) is 0 Å². The average molecular weight is 278 g/mol. The number of hydrogen-bond acceptors (Lipinski definition) is 1. The molecule has 2 heterocycles. The number of hydrogen-bond donors (Lipinski definition) is 1. The molecule has 0 aliphatic carbocycles. The predicted octanol–water partition coefficient (Wildman–Crippen LogP) is 3.80. The number of nitrogens with one attached hydrogen (secondary N) is 1. The van der Waals surface area contributed by atoms with E-state index in [4.69, 9.17) is 0 Å². The largest absolute Gasteiger partial charge is 0.357 e. The summed E-state index contributed by atoms with van der Waals surface area (Å²) in [7, 11) is 0. The van der Waals surface area contributed by atoms with Gasteiger partial charge in [0.15, 0.2) is 0 Å². The Balaban J connectivity index is 2.00. The summed E-state index contributed by atoms with van der Waals surface area (Å²) in [5.74, 6) is -0.175. The number of aromatic amines is 1. The van der Waals surface area contributed by atoms with Crippen LogP contribution in [0.3, 0.4) is 0 Å². The van der Waals surface area contributed by atoms with Gasteiger partial charge in [-0.15, -0.1) is 0 Å². The molecule has 2 nitrogen and oxygen atoms in total. The highest BCUT2D eigenvalue weighted by atomic mass is 19.1. The molecule has 108 valence electrons. The highest BCUT2D eigenvalue weighted by molar-refractivity contribution is 5.85. The van der Waals surface area contributed by atoms with Crippen LogP contribution >= 0.6 is 0 Å². The fraction of sp³-hybridized carbons (Fsp3) is 0.500. The molecule has 3 rings (SSSR count). The quantitative estimate of drug-likeness (QED) is 0.885. The van der Waals surface area contributed by atoms with Gasteiger partial charge in [0.1, 0.15) is 11.5 Å². The molecule has 1 aromatic carbocycles. The molecule has 2 aromatic rings. The smallest absolute Gasteiger partial charge is 0.132 e. The third kappa shape index (κ3) is 2.33. The minimum absolute atomic E-state index is 0.175. The number of rotatable bonds is 2. The Morgan fingerprint density at radius 1 is 1.40 bits per heavy atom. The van der Waals surface area contributed by atoms with Crippen LogP contribution < -0.4 is 0 Å². The van der Waals surface area contributed by atoms with Crippen LogP contribution in [0.4, 0.5) is 8.78 Å². The highest BCUT2D eigenvalue weighted by Gasteiger charge is 2.30. The Labute approximate surface area is 117 Å². The van der Waals surface area contributed by atoms with E-state index < -0.39 is 5.67 Å². The van der Waals surface area contributed by atoms with Crippen molar-refractivity contribution in [3.63, 3.8) is 0 Å². The van der Waals surface area contributed by atoms with E-state index >= 15 is 0 Å². The third-order valence-electron chi connectivity index (χ3n) is 4.03. The molecule has 1 N–H and O–H groups in total. The first-order valence-corrected chi connectivity index (χ1v) is 7.06. The van der Waals surface area contributed by atoms with Crippen LogP contribution in [0.5, 0.6) is 0 Å². The molecule has 0 spiro atoms. The van der Waals surface area contributed by atoms with Gasteiger partial charge in [-0.3, -0.25) is 4.90 Å². The van der Waals surface area contributed by atoms with Gasteiger partial charge < -0.3 is 4.98 Å². The Morgan fingerprint density at radius 3 is 2.85 bits per heavy atom. The normalized spacial score (nSPS) is 20.4. The molecule has 1 aromatic heterocycles. The minimum atomic E-state index is -1.22. The van der Waals surface area contributed by atoms with Gasteiger partial charge in [0.25, 0.3) is 0 Å². The summed E-state index contributed by atoms with van der Waals surface area (Å²) in [5.41, 5.74) is 1.69. The maximum atomic E-state index is 14.0. The van der Waals surface area contributed by atoms with Crippen molar-refractivity contribution < 1.29 is 8.78 Å². The molecular weight excluding hydrogens is 258 g/mol. The van der Waals surface area contributed by atoms with Crippen LogP contribution in [0, 0.1) is 5.82 Å². The van der Waals surface area contributed by atoms with Crippen LogP contribution in [-0.4, -0.2) is 28.1 Å². The van der Waals surface area contributed by atoms with Crippen molar-refractivity contribution in [2.75, 3.05) is 6.54 Å². The van der Waals surface area contributed by atoms with E-state index in [1.54, 1.807) is 19.9 Å². The second-order valence-corrected chi connectivity index (χ2v) is 6.42. The van der Waals surface area contributed by atoms with Gasteiger partial charge in [0, 0.05) is 35.7 Å². The molecule has 0 amide bonds. The van der Waals surface area contributed by atoms with E-state index in [2.05, 4.69) is 16.8 Å². The zero-order valence-electron chi connectivity index (χ0n) is 12.1. The van der Waals surface area contributed by atoms with Gasteiger partial charge in [-0.05, 0) is 44.9 Å². The summed E-state index contributed by atoms with van der Waals surface area (Å²) in [6.45, 7) is 6.32. The van der Waals surface area contributed by atoms with Gasteiger partial charge in [-0.25, -0.2) is 8.78 Å². The molecule has 1 aliphatic rings. The van der Waals surface area contributed by atoms with E-state index in [1.807, 2.05) is 6.07 Å². The summed E-state index contributed by atoms with van der Waals surface area (Å²) in [4.78, 5) is 5.41. The van der Waals surface area contributed by atoms with E-state index in [1.165, 1.54) is 6.07 Å². The van der Waals surface area contributed by atoms with E-state index in [0.717, 1.165) is 23.2 Å². The lowest BCUT2D eigenvalue weighted by atomic mass is 9.96. The first kappa shape index (κ1) is 13.6. The number of aromatic nitrogens is 1. The van der Waals surface area contributed by atoms with Crippen molar-refractivity contribution >= 4 is 10.9 Å². The Hall–Kier alpha value is -1.42. The first-order chi connectivity index (χ1) is 9.35.